The maximum Gasteiger partial charge on any atom is 0.313 e. The Morgan fingerprint density at radius 3 is 2.76 bits per heavy atom. The van der Waals surface area contributed by atoms with E-state index in [-0.39, 0.29) is 11.8 Å². The fourth-order valence-electron chi connectivity index (χ4n) is 2.00. The fraction of sp³-hybridized carbons (Fsp3) is 0.308. The summed E-state index contributed by atoms with van der Waals surface area (Å²) in [6.07, 6.45) is 0. The zero-order valence-corrected chi connectivity index (χ0v) is 13.7. The molecule has 1 heterocycles. The minimum Gasteiger partial charge on any atom is -0.481 e. The Hall–Kier alpha value is -1.24. The van der Waals surface area contributed by atoms with Crippen LogP contribution in [0.2, 0.25) is 10.0 Å². The van der Waals surface area contributed by atoms with E-state index in [4.69, 9.17) is 28.3 Å². The van der Waals surface area contributed by atoms with E-state index in [0.29, 0.717) is 21.0 Å². The van der Waals surface area contributed by atoms with Gasteiger partial charge in [0, 0.05) is 10.0 Å². The molecule has 1 atom stereocenters. The molecular formula is C13H13Cl2N3O2S. The smallest absolute Gasteiger partial charge is 0.313 e. The number of carboxylic acids is 1. The second-order valence-electron chi connectivity index (χ2n) is 4.42. The fourth-order valence-corrected chi connectivity index (χ4v) is 3.35. The van der Waals surface area contributed by atoms with Gasteiger partial charge >= 0.3 is 5.97 Å². The molecule has 112 valence electrons. The number of aryl methyl sites for hydroxylation is 1. The molecule has 8 heteroatoms. The number of benzene rings is 1. The average Bonchev–Trinajstić information content (AvgIpc) is 2.77. The third-order valence-corrected chi connectivity index (χ3v) is 4.45. The van der Waals surface area contributed by atoms with Crippen molar-refractivity contribution in [2.45, 2.75) is 25.0 Å². The van der Waals surface area contributed by atoms with Crippen LogP contribution in [0.25, 0.3) is 0 Å². The number of thioether (sulfide) groups is 1. The van der Waals surface area contributed by atoms with Crippen molar-refractivity contribution in [2.24, 2.45) is 0 Å². The van der Waals surface area contributed by atoms with Crippen molar-refractivity contribution in [3.05, 3.63) is 39.6 Å². The molecule has 21 heavy (non-hydrogen) atoms. The van der Waals surface area contributed by atoms with Crippen LogP contribution in [0.5, 0.6) is 0 Å². The third kappa shape index (κ3) is 3.70. The lowest BCUT2D eigenvalue weighted by molar-refractivity contribution is -0.133. The van der Waals surface area contributed by atoms with Gasteiger partial charge in [-0.15, -0.1) is 10.2 Å². The van der Waals surface area contributed by atoms with Gasteiger partial charge in [0.05, 0.1) is 11.8 Å². The van der Waals surface area contributed by atoms with E-state index in [9.17, 15) is 4.79 Å². The van der Waals surface area contributed by atoms with E-state index in [1.165, 1.54) is 0 Å². The van der Waals surface area contributed by atoms with Crippen LogP contribution in [0.1, 0.15) is 24.4 Å². The minimum absolute atomic E-state index is 0.0702. The lowest BCUT2D eigenvalue weighted by Gasteiger charge is -2.18. The Balaban J connectivity index is 2.36. The number of halogens is 2. The Morgan fingerprint density at radius 2 is 2.14 bits per heavy atom. The minimum atomic E-state index is -0.899. The van der Waals surface area contributed by atoms with Crippen molar-refractivity contribution >= 4 is 40.9 Å². The van der Waals surface area contributed by atoms with Gasteiger partial charge in [-0.3, -0.25) is 9.36 Å². The van der Waals surface area contributed by atoms with Gasteiger partial charge in [-0.25, -0.2) is 0 Å². The van der Waals surface area contributed by atoms with E-state index < -0.39 is 5.97 Å². The molecule has 2 rings (SSSR count). The van der Waals surface area contributed by atoms with Gasteiger partial charge in [-0.05, 0) is 31.5 Å². The third-order valence-electron chi connectivity index (χ3n) is 2.96. The molecule has 0 bridgehead atoms. The molecule has 0 aliphatic rings. The summed E-state index contributed by atoms with van der Waals surface area (Å²) in [5, 5.41) is 18.5. The first-order chi connectivity index (χ1) is 9.90. The molecule has 1 unspecified atom stereocenters. The summed E-state index contributed by atoms with van der Waals surface area (Å²) in [5.41, 5.74) is 0.876. The van der Waals surface area contributed by atoms with Gasteiger partial charge in [-0.2, -0.15) is 0 Å². The maximum atomic E-state index is 10.7. The van der Waals surface area contributed by atoms with Gasteiger partial charge in [0.2, 0.25) is 0 Å². The van der Waals surface area contributed by atoms with E-state index in [0.717, 1.165) is 17.3 Å². The molecule has 1 aromatic heterocycles. The van der Waals surface area contributed by atoms with Crippen molar-refractivity contribution in [2.75, 3.05) is 5.75 Å². The molecule has 0 radical (unpaired) electrons. The molecule has 0 spiro atoms. The van der Waals surface area contributed by atoms with Crippen molar-refractivity contribution in [1.29, 1.82) is 0 Å². The van der Waals surface area contributed by atoms with Crippen LogP contribution in [0.4, 0.5) is 0 Å². The zero-order chi connectivity index (χ0) is 15.6. The number of carboxylic acid groups (broad SMARTS) is 1. The topological polar surface area (TPSA) is 68.0 Å². The summed E-state index contributed by atoms with van der Waals surface area (Å²) < 4.78 is 1.86. The number of rotatable bonds is 5. The van der Waals surface area contributed by atoms with Crippen LogP contribution in [-0.2, 0) is 4.79 Å². The van der Waals surface area contributed by atoms with E-state index >= 15 is 0 Å². The lowest BCUT2D eigenvalue weighted by atomic mass is 10.1. The van der Waals surface area contributed by atoms with E-state index in [2.05, 4.69) is 10.2 Å². The molecule has 1 N–H and O–H groups in total. The molecule has 0 saturated heterocycles. The van der Waals surface area contributed by atoms with Crippen LogP contribution in [-0.4, -0.2) is 31.6 Å². The molecule has 0 amide bonds. The standard InChI is InChI=1S/C13H13Cl2N3O2S/c1-7(10-4-3-9(14)5-11(10)15)18-8(2)16-17-13(18)21-6-12(19)20/h3-5,7H,6H2,1-2H3,(H,19,20). The Morgan fingerprint density at radius 1 is 1.43 bits per heavy atom. The van der Waals surface area contributed by atoms with Gasteiger partial charge in [-0.1, -0.05) is 41.0 Å². The summed E-state index contributed by atoms with van der Waals surface area (Å²) >= 11 is 13.3. The predicted molar refractivity (Wildman–Crippen MR) is 83.4 cm³/mol. The van der Waals surface area contributed by atoms with Crippen molar-refractivity contribution in [1.82, 2.24) is 14.8 Å². The van der Waals surface area contributed by atoms with Crippen LogP contribution >= 0.6 is 35.0 Å². The summed E-state index contributed by atoms with van der Waals surface area (Å²) in [4.78, 5) is 10.7. The normalized spacial score (nSPS) is 12.4. The van der Waals surface area contributed by atoms with Crippen molar-refractivity contribution < 1.29 is 9.90 Å². The first kappa shape index (κ1) is 16.1. The summed E-state index contributed by atoms with van der Waals surface area (Å²) in [5.74, 6) is -0.273. The summed E-state index contributed by atoms with van der Waals surface area (Å²) in [6.45, 7) is 3.77. The van der Waals surface area contributed by atoms with Crippen molar-refractivity contribution in [3.8, 4) is 0 Å². The lowest BCUT2D eigenvalue weighted by Crippen LogP contribution is -2.11. The molecule has 0 aliphatic heterocycles. The van der Waals surface area contributed by atoms with E-state index in [1.54, 1.807) is 12.1 Å². The van der Waals surface area contributed by atoms with Crippen LogP contribution in [0, 0.1) is 6.92 Å². The largest absolute Gasteiger partial charge is 0.481 e. The molecule has 0 aliphatic carbocycles. The highest BCUT2D eigenvalue weighted by Crippen LogP contribution is 2.31. The highest BCUT2D eigenvalue weighted by atomic mass is 35.5. The summed E-state index contributed by atoms with van der Waals surface area (Å²) in [7, 11) is 0. The first-order valence-corrected chi connectivity index (χ1v) is 7.85. The Labute approximate surface area is 136 Å². The predicted octanol–water partition coefficient (Wildman–Crippen LogP) is 3.68. The SMILES string of the molecule is Cc1nnc(SCC(=O)O)n1C(C)c1ccc(Cl)cc1Cl. The number of carbonyl (C=O) groups is 1. The van der Waals surface area contributed by atoms with E-state index in [1.807, 2.05) is 24.5 Å². The molecule has 1 aromatic carbocycles. The number of aliphatic carboxylic acids is 1. The quantitative estimate of drug-likeness (QED) is 0.837. The molecule has 0 fully saturated rings. The summed E-state index contributed by atoms with van der Waals surface area (Å²) in [6, 6.07) is 5.17. The van der Waals surface area contributed by atoms with Gasteiger partial charge in [0.15, 0.2) is 5.16 Å². The Bertz CT molecular complexity index is 675. The highest BCUT2D eigenvalue weighted by molar-refractivity contribution is 7.99. The molecule has 5 nitrogen and oxygen atoms in total. The number of nitrogens with zero attached hydrogens (tertiary/aromatic N) is 3. The Kier molecular flexibility index (Phi) is 5.13. The maximum absolute atomic E-state index is 10.7. The molecule has 2 aromatic rings. The van der Waals surface area contributed by atoms with Crippen molar-refractivity contribution in [3.63, 3.8) is 0 Å². The van der Waals surface area contributed by atoms with Crippen LogP contribution < -0.4 is 0 Å². The van der Waals surface area contributed by atoms with Gasteiger partial charge < -0.3 is 5.11 Å². The zero-order valence-electron chi connectivity index (χ0n) is 11.4. The second kappa shape index (κ2) is 6.68. The molecular weight excluding hydrogens is 333 g/mol. The number of hydrogen-bond acceptors (Lipinski definition) is 4. The van der Waals surface area contributed by atoms with Crippen LogP contribution in [0.15, 0.2) is 23.4 Å². The van der Waals surface area contributed by atoms with Crippen LogP contribution in [0.3, 0.4) is 0 Å². The first-order valence-electron chi connectivity index (χ1n) is 6.11. The second-order valence-corrected chi connectivity index (χ2v) is 6.21. The number of hydrogen-bond donors (Lipinski definition) is 1. The van der Waals surface area contributed by atoms with Gasteiger partial charge in [0.1, 0.15) is 5.82 Å². The average molecular weight is 346 g/mol. The molecule has 0 saturated carbocycles. The number of aromatic nitrogens is 3. The monoisotopic (exact) mass is 345 g/mol. The highest BCUT2D eigenvalue weighted by Gasteiger charge is 2.19. The van der Waals surface area contributed by atoms with Gasteiger partial charge in [0.25, 0.3) is 0 Å².